The van der Waals surface area contributed by atoms with Gasteiger partial charge in [0.05, 0.1) is 16.3 Å². The number of hydrogen-bond donors (Lipinski definition) is 4. The highest BCUT2D eigenvalue weighted by Crippen LogP contribution is 2.47. The van der Waals surface area contributed by atoms with Crippen molar-refractivity contribution in [2.24, 2.45) is 0 Å². The molecule has 1 unspecified atom stereocenters. The molecule has 21 heteroatoms. The van der Waals surface area contributed by atoms with Gasteiger partial charge < -0.3 is 30.2 Å². The molecule has 77 heavy (non-hydrogen) atoms. The van der Waals surface area contributed by atoms with E-state index >= 15 is 0 Å². The van der Waals surface area contributed by atoms with Crippen LogP contribution in [0.25, 0.3) is 21.2 Å². The Bertz CT molecular complexity index is 3310. The number of rotatable bonds is 17. The summed E-state index contributed by atoms with van der Waals surface area (Å²) in [5.74, 6) is -3.62. The first kappa shape index (κ1) is 56.3. The smallest absolute Gasteiger partial charge is 0.352 e. The van der Waals surface area contributed by atoms with Gasteiger partial charge in [0.1, 0.15) is 22.3 Å². The van der Waals surface area contributed by atoms with Gasteiger partial charge in [-0.15, -0.1) is 11.3 Å². The summed E-state index contributed by atoms with van der Waals surface area (Å²) in [6, 6.07) is 21.9. The van der Waals surface area contributed by atoms with Crippen LogP contribution in [-0.4, -0.2) is 96.2 Å². The van der Waals surface area contributed by atoms with Crippen LogP contribution in [0.15, 0.2) is 78.9 Å². The first-order valence-electron chi connectivity index (χ1n) is 25.3. The molecule has 1 aromatic heterocycles. The summed E-state index contributed by atoms with van der Waals surface area (Å²) >= 11 is 7.99. The lowest BCUT2D eigenvalue weighted by Crippen LogP contribution is -2.55. The Morgan fingerprint density at radius 1 is 0.857 bits per heavy atom. The maximum atomic E-state index is 14.1. The summed E-state index contributed by atoms with van der Waals surface area (Å²) < 4.78 is 46.7. The molecule has 0 aliphatic carbocycles. The highest BCUT2D eigenvalue weighted by Gasteiger charge is 2.43. The van der Waals surface area contributed by atoms with E-state index in [0.717, 1.165) is 28.0 Å². The van der Waals surface area contributed by atoms with Gasteiger partial charge >= 0.3 is 11.9 Å². The Labute approximate surface area is 456 Å². The van der Waals surface area contributed by atoms with E-state index in [2.05, 4.69) is 21.3 Å². The number of sulfonamides is 1. The SMILES string of the molecule is CC(C)(C)OC(=O)COc1c(C(=O)OC(C)(C)C)sc(-c2cccc(N[C@H]3CCN(S(=O)(=O)Cc4cccc(NC(=O)CCC(=O)NCc5ccc6c7c(cccc57)C(=O)N6C5CCC(=O)NC5=O)c4)C(C)(C)C3)c2)c1Cl. The summed E-state index contributed by atoms with van der Waals surface area (Å²) in [6.45, 7) is 14.1. The largest absolute Gasteiger partial charge is 0.479 e. The number of ether oxygens (including phenoxy) is 3. The van der Waals surface area contributed by atoms with E-state index in [0.29, 0.717) is 51.2 Å². The van der Waals surface area contributed by atoms with Crippen molar-refractivity contribution in [3.05, 3.63) is 105 Å². The Balaban J connectivity index is 0.843. The number of esters is 2. The first-order chi connectivity index (χ1) is 36.2. The molecule has 2 saturated heterocycles. The second kappa shape index (κ2) is 22.2. The lowest BCUT2D eigenvalue weighted by Gasteiger charge is -2.45. The molecule has 2 atom stereocenters. The fourth-order valence-corrected chi connectivity index (χ4v) is 13.3. The van der Waals surface area contributed by atoms with Crippen molar-refractivity contribution in [1.82, 2.24) is 14.9 Å². The van der Waals surface area contributed by atoms with Crippen LogP contribution in [0.5, 0.6) is 5.75 Å². The van der Waals surface area contributed by atoms with E-state index < -0.39 is 63.2 Å². The Morgan fingerprint density at radius 3 is 2.27 bits per heavy atom. The van der Waals surface area contributed by atoms with Crippen molar-refractivity contribution in [3.8, 4) is 16.2 Å². The molecule has 18 nitrogen and oxygen atoms in total. The third-order valence-corrected chi connectivity index (χ3v) is 16.8. The van der Waals surface area contributed by atoms with Crippen molar-refractivity contribution >= 4 is 102 Å². The van der Waals surface area contributed by atoms with Gasteiger partial charge in [0.2, 0.25) is 33.7 Å². The molecule has 4 N–H and O–H groups in total. The number of carbonyl (C=O) groups is 7. The van der Waals surface area contributed by atoms with E-state index in [1.165, 1.54) is 9.21 Å². The lowest BCUT2D eigenvalue weighted by atomic mass is 9.89. The summed E-state index contributed by atoms with van der Waals surface area (Å²) in [5.41, 5.74) is 1.65. The van der Waals surface area contributed by atoms with Gasteiger partial charge in [-0.25, -0.2) is 18.0 Å². The topological polar surface area (TPSA) is 236 Å². The normalized spacial score (nSPS) is 17.7. The van der Waals surface area contributed by atoms with E-state index in [1.807, 2.05) is 44.2 Å². The minimum absolute atomic E-state index is 0.0181. The molecular weight excluding hydrogens is 1050 g/mol. The maximum absolute atomic E-state index is 14.1. The highest BCUT2D eigenvalue weighted by atomic mass is 35.5. The molecule has 3 aliphatic rings. The number of amides is 5. The number of imide groups is 1. The molecule has 0 bridgehead atoms. The second-order valence-corrected chi connectivity index (χ2v) is 25.3. The lowest BCUT2D eigenvalue weighted by molar-refractivity contribution is -0.157. The molecule has 0 saturated carbocycles. The average Bonchev–Trinajstić information content (AvgIpc) is 3.93. The molecule has 8 rings (SSSR count). The fraction of sp³-hybridized carbons (Fsp3) is 0.411. The van der Waals surface area contributed by atoms with Crippen molar-refractivity contribution in [2.45, 2.75) is 135 Å². The summed E-state index contributed by atoms with van der Waals surface area (Å²) in [7, 11) is -3.85. The summed E-state index contributed by atoms with van der Waals surface area (Å²) in [4.78, 5) is 92.2. The van der Waals surface area contributed by atoms with E-state index in [9.17, 15) is 42.0 Å². The van der Waals surface area contributed by atoms with Gasteiger partial charge in [-0.3, -0.25) is 34.2 Å². The molecule has 408 valence electrons. The molecule has 3 aliphatic heterocycles. The molecule has 0 spiro atoms. The Hall–Kier alpha value is -6.87. The van der Waals surface area contributed by atoms with Gasteiger partial charge in [0.25, 0.3) is 5.91 Å². The minimum atomic E-state index is -3.85. The molecule has 0 radical (unpaired) electrons. The second-order valence-electron chi connectivity index (χ2n) is 22.0. The molecular formula is C56H63ClN6O12S2. The number of halogens is 1. The number of anilines is 3. The predicted octanol–water partition coefficient (Wildman–Crippen LogP) is 8.88. The first-order valence-corrected chi connectivity index (χ1v) is 28.1. The number of thiophene rings is 1. The van der Waals surface area contributed by atoms with Crippen LogP contribution < -0.4 is 30.9 Å². The van der Waals surface area contributed by atoms with Crippen molar-refractivity contribution in [1.29, 1.82) is 0 Å². The number of carbonyl (C=O) groups excluding carboxylic acids is 7. The molecule has 4 aromatic carbocycles. The summed E-state index contributed by atoms with van der Waals surface area (Å²) in [6.07, 6.45) is 1.04. The van der Waals surface area contributed by atoms with Crippen LogP contribution in [0, 0.1) is 0 Å². The van der Waals surface area contributed by atoms with Gasteiger partial charge in [0, 0.05) is 66.3 Å². The predicted molar refractivity (Wildman–Crippen MR) is 294 cm³/mol. The molecule has 2 fully saturated rings. The van der Waals surface area contributed by atoms with Crippen LogP contribution in [0.3, 0.4) is 0 Å². The fourth-order valence-electron chi connectivity index (χ4n) is 9.90. The third-order valence-electron chi connectivity index (χ3n) is 13.0. The molecule has 5 amide bonds. The zero-order valence-corrected chi connectivity index (χ0v) is 46.6. The number of nitrogens with one attached hydrogen (secondary N) is 4. The Morgan fingerprint density at radius 2 is 1.56 bits per heavy atom. The van der Waals surface area contributed by atoms with Crippen LogP contribution >= 0.6 is 22.9 Å². The van der Waals surface area contributed by atoms with E-state index in [1.54, 1.807) is 90.1 Å². The van der Waals surface area contributed by atoms with Crippen LogP contribution in [0.4, 0.5) is 17.1 Å². The number of benzene rings is 4. The minimum Gasteiger partial charge on any atom is -0.479 e. The summed E-state index contributed by atoms with van der Waals surface area (Å²) in [5, 5.41) is 13.1. The highest BCUT2D eigenvalue weighted by molar-refractivity contribution is 7.88. The zero-order chi connectivity index (χ0) is 55.8. The van der Waals surface area contributed by atoms with Crippen molar-refractivity contribution < 1.29 is 56.2 Å². The van der Waals surface area contributed by atoms with E-state index in [-0.39, 0.29) is 83.9 Å². The van der Waals surface area contributed by atoms with Crippen LogP contribution in [0.1, 0.15) is 125 Å². The van der Waals surface area contributed by atoms with Gasteiger partial charge in [-0.2, -0.15) is 4.31 Å². The standard InChI is InChI=1S/C56H63ClN6O12S2/c1-54(2,3)74-45(67)30-73-48-47(57)49(76-50(48)53(70)75-55(4,5)6)33-13-10-15-36(27-33)59-37-24-25-62(56(7,8)28-37)77(71,72)31-32-12-9-14-35(26-32)60-43(65)23-22-42(64)58-29-34-18-19-40-46-38(34)16-11-17-39(46)52(69)63(40)41-20-21-44(66)61-51(41)68/h9-19,26-27,37,41,59H,20-25,28-31H2,1-8H3,(H,58,64)(H,60,65)(H,61,66,68)/t37-,41?/m0/s1. The third kappa shape index (κ3) is 13.3. The number of piperidine rings is 2. The van der Waals surface area contributed by atoms with Gasteiger partial charge in [-0.05, 0) is 133 Å². The van der Waals surface area contributed by atoms with Crippen molar-refractivity contribution in [3.63, 3.8) is 0 Å². The van der Waals surface area contributed by atoms with E-state index in [4.69, 9.17) is 25.8 Å². The number of hydrogen-bond acceptors (Lipinski definition) is 14. The maximum Gasteiger partial charge on any atom is 0.352 e. The zero-order valence-electron chi connectivity index (χ0n) is 44.2. The number of nitrogens with zero attached hydrogens (tertiary/aromatic N) is 2. The monoisotopic (exact) mass is 1110 g/mol. The van der Waals surface area contributed by atoms with Crippen molar-refractivity contribution in [2.75, 3.05) is 28.7 Å². The quantitative estimate of drug-likeness (QED) is 0.0504. The van der Waals surface area contributed by atoms with Gasteiger partial charge in [0.15, 0.2) is 17.2 Å². The molecule has 4 heterocycles. The van der Waals surface area contributed by atoms with Gasteiger partial charge in [-0.1, -0.05) is 54.1 Å². The van der Waals surface area contributed by atoms with Crippen LogP contribution in [-0.2, 0) is 55.8 Å². The average molecular weight is 1110 g/mol. The van der Waals surface area contributed by atoms with Crippen LogP contribution in [0.2, 0.25) is 5.02 Å². The Kier molecular flexibility index (Phi) is 16.3. The molecule has 5 aromatic rings.